The number of ether oxygens (including phenoxy) is 2. The van der Waals surface area contributed by atoms with Crippen molar-refractivity contribution in [3.8, 4) is 11.5 Å². The van der Waals surface area contributed by atoms with Crippen LogP contribution in [0.3, 0.4) is 0 Å². The molecule has 2 aromatic rings. The zero-order chi connectivity index (χ0) is 20.6. The predicted molar refractivity (Wildman–Crippen MR) is 118 cm³/mol. The fraction of sp³-hybridized carbons (Fsp3) is 0.545. The van der Waals surface area contributed by atoms with Crippen molar-refractivity contribution < 1.29 is 9.47 Å². The van der Waals surface area contributed by atoms with Crippen LogP contribution >= 0.6 is 0 Å². The lowest BCUT2D eigenvalue weighted by atomic mass is 10.2. The number of nitrogens with one attached hydrogen (secondary N) is 2. The van der Waals surface area contributed by atoms with Gasteiger partial charge in [-0.05, 0) is 65.3 Å². The summed E-state index contributed by atoms with van der Waals surface area (Å²) < 4.78 is 11.5. The molecule has 1 fully saturated rings. The van der Waals surface area contributed by atoms with Gasteiger partial charge in [-0.3, -0.25) is 0 Å². The summed E-state index contributed by atoms with van der Waals surface area (Å²) in [5.74, 6) is 2.82. The molecular formula is C22H33N5O2. The first-order valence-electron chi connectivity index (χ1n) is 10.5. The molecule has 7 heteroatoms. The Morgan fingerprint density at radius 2 is 1.90 bits per heavy atom. The lowest BCUT2D eigenvalue weighted by Crippen LogP contribution is -2.21. The Hall–Kier alpha value is -2.54. The van der Waals surface area contributed by atoms with Crippen LogP contribution < -0.4 is 20.1 Å². The van der Waals surface area contributed by atoms with E-state index in [1.54, 1.807) is 7.11 Å². The topological polar surface area (TPSA) is 71.5 Å². The summed E-state index contributed by atoms with van der Waals surface area (Å²) >= 11 is 0. The van der Waals surface area contributed by atoms with Crippen molar-refractivity contribution in [3.63, 3.8) is 0 Å². The molecule has 1 aliphatic heterocycles. The van der Waals surface area contributed by atoms with Gasteiger partial charge in [0.25, 0.3) is 0 Å². The highest BCUT2D eigenvalue weighted by Gasteiger charge is 2.12. The maximum atomic E-state index is 6.02. The minimum absolute atomic E-state index is 0.304. The molecule has 0 radical (unpaired) electrons. The van der Waals surface area contributed by atoms with Crippen LogP contribution in [0.25, 0.3) is 0 Å². The molecule has 0 saturated carbocycles. The fourth-order valence-corrected chi connectivity index (χ4v) is 3.47. The van der Waals surface area contributed by atoms with E-state index in [0.717, 1.165) is 41.7 Å². The molecule has 0 aliphatic carbocycles. The fourth-order valence-electron chi connectivity index (χ4n) is 3.47. The molecule has 0 spiro atoms. The molecule has 3 rings (SSSR count). The van der Waals surface area contributed by atoms with Gasteiger partial charge in [-0.1, -0.05) is 0 Å². The first-order chi connectivity index (χ1) is 14.0. The molecular weight excluding hydrogens is 366 g/mol. The van der Waals surface area contributed by atoms with Gasteiger partial charge in [0.2, 0.25) is 5.95 Å². The second-order valence-electron chi connectivity index (χ2n) is 7.76. The Labute approximate surface area is 173 Å². The van der Waals surface area contributed by atoms with Gasteiger partial charge in [-0.2, -0.15) is 4.98 Å². The molecule has 1 aromatic carbocycles. The summed E-state index contributed by atoms with van der Waals surface area (Å²) in [5.41, 5.74) is 1.76. The molecule has 0 bridgehead atoms. The molecule has 7 nitrogen and oxygen atoms in total. The van der Waals surface area contributed by atoms with Gasteiger partial charge in [0.05, 0.1) is 13.7 Å². The number of aromatic nitrogens is 2. The van der Waals surface area contributed by atoms with Crippen LogP contribution in [0.1, 0.15) is 38.8 Å². The van der Waals surface area contributed by atoms with Gasteiger partial charge in [0, 0.05) is 36.1 Å². The Bertz CT molecular complexity index is 791. The summed E-state index contributed by atoms with van der Waals surface area (Å²) in [6.07, 6.45) is 3.64. The van der Waals surface area contributed by atoms with Crippen molar-refractivity contribution in [3.05, 3.63) is 30.0 Å². The quantitative estimate of drug-likeness (QED) is 0.580. The Morgan fingerprint density at radius 3 is 2.62 bits per heavy atom. The number of aryl methyl sites for hydroxylation is 1. The minimum Gasteiger partial charge on any atom is -0.493 e. The first kappa shape index (κ1) is 21.2. The third-order valence-electron chi connectivity index (χ3n) is 4.79. The van der Waals surface area contributed by atoms with E-state index in [1.807, 2.05) is 31.2 Å². The second-order valence-corrected chi connectivity index (χ2v) is 7.76. The molecule has 1 aliphatic rings. The number of hydrogen-bond donors (Lipinski definition) is 2. The lowest BCUT2D eigenvalue weighted by Gasteiger charge is -2.16. The lowest BCUT2D eigenvalue weighted by molar-refractivity contribution is 0.254. The number of likely N-dealkylation sites (tertiary alicyclic amines) is 1. The summed E-state index contributed by atoms with van der Waals surface area (Å²) in [5, 5.41) is 6.60. The predicted octanol–water partition coefficient (Wildman–Crippen LogP) is 4.22. The molecule has 1 saturated heterocycles. The normalized spacial score (nSPS) is 14.2. The van der Waals surface area contributed by atoms with E-state index in [0.29, 0.717) is 18.6 Å². The van der Waals surface area contributed by atoms with Gasteiger partial charge in [-0.25, -0.2) is 4.98 Å². The van der Waals surface area contributed by atoms with Gasteiger partial charge in [0.1, 0.15) is 5.82 Å². The van der Waals surface area contributed by atoms with Crippen LogP contribution in [0.15, 0.2) is 24.3 Å². The molecule has 0 amide bonds. The molecule has 158 valence electrons. The number of hydrogen-bond acceptors (Lipinski definition) is 7. The van der Waals surface area contributed by atoms with Gasteiger partial charge >= 0.3 is 0 Å². The van der Waals surface area contributed by atoms with E-state index in [1.165, 1.54) is 25.9 Å². The van der Waals surface area contributed by atoms with Gasteiger partial charge < -0.3 is 25.0 Å². The van der Waals surface area contributed by atoms with Crippen molar-refractivity contribution in [1.29, 1.82) is 0 Å². The maximum absolute atomic E-state index is 6.02. The van der Waals surface area contributed by atoms with E-state index in [-0.39, 0.29) is 0 Å². The van der Waals surface area contributed by atoms with Crippen LogP contribution in [0.4, 0.5) is 17.5 Å². The maximum Gasteiger partial charge on any atom is 0.229 e. The monoisotopic (exact) mass is 399 g/mol. The van der Waals surface area contributed by atoms with E-state index < -0.39 is 0 Å². The third kappa shape index (κ3) is 6.49. The number of benzene rings is 1. The number of methoxy groups -OCH3 is 1. The van der Waals surface area contributed by atoms with Crippen LogP contribution in [0, 0.1) is 6.92 Å². The number of nitrogens with zero attached hydrogens (tertiary/aromatic N) is 3. The Balaban J connectivity index is 1.63. The van der Waals surface area contributed by atoms with Gasteiger partial charge in [0.15, 0.2) is 11.5 Å². The highest BCUT2D eigenvalue weighted by molar-refractivity contribution is 5.60. The van der Waals surface area contributed by atoms with Crippen LogP contribution in [-0.4, -0.2) is 54.3 Å². The smallest absolute Gasteiger partial charge is 0.229 e. The summed E-state index contributed by atoms with van der Waals surface area (Å²) in [6, 6.07) is 8.03. The average Bonchev–Trinajstić information content (AvgIpc) is 3.18. The molecule has 0 unspecified atom stereocenters. The van der Waals surface area contributed by atoms with E-state index >= 15 is 0 Å². The Morgan fingerprint density at radius 1 is 1.10 bits per heavy atom. The highest BCUT2D eigenvalue weighted by Crippen LogP contribution is 2.31. The number of anilines is 3. The zero-order valence-corrected chi connectivity index (χ0v) is 18.0. The van der Waals surface area contributed by atoms with Crippen LogP contribution in [0.2, 0.25) is 0 Å². The van der Waals surface area contributed by atoms with Gasteiger partial charge in [-0.15, -0.1) is 0 Å². The first-order valence-corrected chi connectivity index (χ1v) is 10.5. The van der Waals surface area contributed by atoms with Crippen molar-refractivity contribution in [2.24, 2.45) is 0 Å². The van der Waals surface area contributed by atoms with Crippen LogP contribution in [0.5, 0.6) is 11.5 Å². The van der Waals surface area contributed by atoms with Crippen molar-refractivity contribution >= 4 is 17.5 Å². The highest BCUT2D eigenvalue weighted by atomic mass is 16.5. The SMILES string of the molecule is COc1ccc(Nc2nc(C)cc(NC(C)C)n2)cc1OCCCN1CCCC1. The second kappa shape index (κ2) is 10.3. The third-order valence-corrected chi connectivity index (χ3v) is 4.79. The minimum atomic E-state index is 0.304. The summed E-state index contributed by atoms with van der Waals surface area (Å²) in [7, 11) is 1.66. The van der Waals surface area contributed by atoms with Crippen LogP contribution in [-0.2, 0) is 0 Å². The molecule has 0 atom stereocenters. The van der Waals surface area contributed by atoms with Crippen molar-refractivity contribution in [2.45, 2.75) is 46.1 Å². The molecule has 29 heavy (non-hydrogen) atoms. The summed E-state index contributed by atoms with van der Waals surface area (Å²) in [4.78, 5) is 11.5. The molecule has 2 heterocycles. The van der Waals surface area contributed by atoms with Crippen molar-refractivity contribution in [2.75, 3.05) is 44.0 Å². The average molecular weight is 400 g/mol. The standard InChI is InChI=1S/C22H33N5O2/c1-16(2)23-21-14-17(3)24-22(26-21)25-18-8-9-19(28-4)20(15-18)29-13-7-12-27-10-5-6-11-27/h8-9,14-16H,5-7,10-13H2,1-4H3,(H2,23,24,25,26). The van der Waals surface area contributed by atoms with Crippen molar-refractivity contribution in [1.82, 2.24) is 14.9 Å². The largest absolute Gasteiger partial charge is 0.493 e. The summed E-state index contributed by atoms with van der Waals surface area (Å²) in [6.45, 7) is 10.3. The van der Waals surface area contributed by atoms with E-state index in [9.17, 15) is 0 Å². The Kier molecular flexibility index (Phi) is 7.52. The zero-order valence-electron chi connectivity index (χ0n) is 18.0. The number of rotatable bonds is 10. The molecule has 2 N–H and O–H groups in total. The molecule has 1 aromatic heterocycles. The van der Waals surface area contributed by atoms with E-state index in [4.69, 9.17) is 9.47 Å². The van der Waals surface area contributed by atoms with E-state index in [2.05, 4.69) is 39.3 Å².